The molecule has 0 aliphatic carbocycles. The molecule has 0 fully saturated rings. The molecule has 21 heavy (non-hydrogen) atoms. The number of halogens is 1. The number of aromatic nitrogens is 1. The second-order valence-corrected chi connectivity index (χ2v) is 5.79. The number of pyridine rings is 1. The van der Waals surface area contributed by atoms with Crippen LogP contribution in [0.2, 0.25) is 0 Å². The highest BCUT2D eigenvalue weighted by Gasteiger charge is 2.14. The molecule has 106 valence electrons. The Hall–Kier alpha value is -1.75. The summed E-state index contributed by atoms with van der Waals surface area (Å²) in [6, 6.07) is 18.4. The number of nitrogens with one attached hydrogen (secondary N) is 1. The number of hydrogen-bond acceptors (Lipinski definition) is 3. The van der Waals surface area contributed by atoms with Crippen molar-refractivity contribution < 1.29 is 0 Å². The maximum absolute atomic E-state index is 5.78. The van der Waals surface area contributed by atoms with Crippen molar-refractivity contribution >= 4 is 26.8 Å². The van der Waals surface area contributed by atoms with Crippen molar-refractivity contribution in [3.05, 3.63) is 76.4 Å². The monoisotopic (exact) mass is 341 g/mol. The van der Waals surface area contributed by atoms with E-state index in [2.05, 4.69) is 44.5 Å². The highest BCUT2D eigenvalue weighted by Crippen LogP contribution is 2.27. The second kappa shape index (κ2) is 6.35. The van der Waals surface area contributed by atoms with Crippen molar-refractivity contribution in [2.24, 2.45) is 5.84 Å². The number of hydrogen-bond donors (Lipinski definition) is 2. The van der Waals surface area contributed by atoms with Crippen LogP contribution in [0.3, 0.4) is 0 Å². The van der Waals surface area contributed by atoms with E-state index in [0.717, 1.165) is 22.0 Å². The van der Waals surface area contributed by atoms with Crippen LogP contribution in [0.25, 0.3) is 10.9 Å². The smallest absolute Gasteiger partial charge is 0.0704 e. The average Bonchev–Trinajstić information content (AvgIpc) is 2.53. The maximum Gasteiger partial charge on any atom is 0.0704 e. The van der Waals surface area contributed by atoms with Crippen LogP contribution >= 0.6 is 15.9 Å². The fourth-order valence-corrected chi connectivity index (χ4v) is 3.13. The van der Waals surface area contributed by atoms with Crippen LogP contribution in [-0.2, 0) is 6.42 Å². The summed E-state index contributed by atoms with van der Waals surface area (Å²) >= 11 is 3.59. The van der Waals surface area contributed by atoms with E-state index in [-0.39, 0.29) is 6.04 Å². The van der Waals surface area contributed by atoms with E-state index in [1.165, 1.54) is 10.9 Å². The molecule has 0 aliphatic heterocycles. The molecule has 0 saturated carbocycles. The SMILES string of the molecule is NNC(Cc1ccnc2ccccc12)c1ccccc1Br. The van der Waals surface area contributed by atoms with E-state index in [1.54, 1.807) is 0 Å². The quantitative estimate of drug-likeness (QED) is 0.561. The minimum Gasteiger partial charge on any atom is -0.271 e. The molecule has 3 aromatic rings. The number of rotatable bonds is 4. The van der Waals surface area contributed by atoms with Gasteiger partial charge in [-0.3, -0.25) is 16.3 Å². The van der Waals surface area contributed by atoms with Crippen LogP contribution in [-0.4, -0.2) is 4.98 Å². The Morgan fingerprint density at radius 2 is 1.81 bits per heavy atom. The summed E-state index contributed by atoms with van der Waals surface area (Å²) in [5.74, 6) is 5.78. The largest absolute Gasteiger partial charge is 0.271 e. The van der Waals surface area contributed by atoms with Gasteiger partial charge in [0.25, 0.3) is 0 Å². The van der Waals surface area contributed by atoms with Crippen molar-refractivity contribution in [2.75, 3.05) is 0 Å². The Labute approximate surface area is 132 Å². The fraction of sp³-hybridized carbons (Fsp3) is 0.118. The van der Waals surface area contributed by atoms with Crippen LogP contribution in [0.5, 0.6) is 0 Å². The third kappa shape index (κ3) is 2.97. The van der Waals surface area contributed by atoms with Crippen molar-refractivity contribution in [1.29, 1.82) is 0 Å². The standard InChI is InChI=1S/C17H16BrN3/c18-15-7-3-1-6-14(15)17(21-19)11-12-9-10-20-16-8-4-2-5-13(12)16/h1-10,17,21H,11,19H2. The Kier molecular flexibility index (Phi) is 4.29. The van der Waals surface area contributed by atoms with Gasteiger partial charge in [-0.05, 0) is 35.7 Å². The van der Waals surface area contributed by atoms with Crippen LogP contribution in [0.15, 0.2) is 65.3 Å². The van der Waals surface area contributed by atoms with Crippen LogP contribution in [0.4, 0.5) is 0 Å². The topological polar surface area (TPSA) is 50.9 Å². The molecule has 3 nitrogen and oxygen atoms in total. The minimum absolute atomic E-state index is 0.0476. The first-order valence-corrected chi connectivity index (χ1v) is 7.62. The molecule has 0 bridgehead atoms. The Morgan fingerprint density at radius 3 is 2.62 bits per heavy atom. The van der Waals surface area contributed by atoms with Gasteiger partial charge in [-0.1, -0.05) is 52.3 Å². The van der Waals surface area contributed by atoms with E-state index in [9.17, 15) is 0 Å². The lowest BCUT2D eigenvalue weighted by Gasteiger charge is -2.18. The molecule has 0 radical (unpaired) electrons. The van der Waals surface area contributed by atoms with Gasteiger partial charge < -0.3 is 0 Å². The average molecular weight is 342 g/mol. The molecule has 1 unspecified atom stereocenters. The summed E-state index contributed by atoms with van der Waals surface area (Å²) in [7, 11) is 0. The number of nitrogens with zero attached hydrogens (tertiary/aromatic N) is 1. The molecule has 1 heterocycles. The predicted molar refractivity (Wildman–Crippen MR) is 89.7 cm³/mol. The first kappa shape index (κ1) is 14.2. The maximum atomic E-state index is 5.78. The number of benzene rings is 2. The zero-order valence-electron chi connectivity index (χ0n) is 11.5. The number of hydrazine groups is 1. The molecular weight excluding hydrogens is 326 g/mol. The molecule has 0 amide bonds. The summed E-state index contributed by atoms with van der Waals surface area (Å²) in [5.41, 5.74) is 6.32. The van der Waals surface area contributed by atoms with Gasteiger partial charge in [0.1, 0.15) is 0 Å². The van der Waals surface area contributed by atoms with Crippen molar-refractivity contribution in [1.82, 2.24) is 10.4 Å². The third-order valence-corrected chi connectivity index (χ3v) is 4.37. The third-order valence-electron chi connectivity index (χ3n) is 3.65. The first-order chi connectivity index (χ1) is 10.3. The zero-order valence-corrected chi connectivity index (χ0v) is 13.0. The Balaban J connectivity index is 1.98. The van der Waals surface area contributed by atoms with E-state index < -0.39 is 0 Å². The van der Waals surface area contributed by atoms with Crippen LogP contribution in [0.1, 0.15) is 17.2 Å². The summed E-state index contributed by atoms with van der Waals surface area (Å²) in [5, 5.41) is 1.17. The zero-order chi connectivity index (χ0) is 14.7. The normalized spacial score (nSPS) is 12.5. The molecule has 0 saturated heterocycles. The van der Waals surface area contributed by atoms with E-state index in [4.69, 9.17) is 5.84 Å². The predicted octanol–water partition coefficient (Wildman–Crippen LogP) is 3.74. The van der Waals surface area contributed by atoms with Crippen molar-refractivity contribution in [2.45, 2.75) is 12.5 Å². The van der Waals surface area contributed by atoms with Gasteiger partial charge in [-0.2, -0.15) is 0 Å². The van der Waals surface area contributed by atoms with Crippen LogP contribution < -0.4 is 11.3 Å². The summed E-state index contributed by atoms with van der Waals surface area (Å²) in [4.78, 5) is 4.40. The number of fused-ring (bicyclic) bond motifs is 1. The summed E-state index contributed by atoms with van der Waals surface area (Å²) in [6.45, 7) is 0. The molecule has 3 N–H and O–H groups in total. The number of para-hydroxylation sites is 1. The lowest BCUT2D eigenvalue weighted by Crippen LogP contribution is -2.29. The lowest BCUT2D eigenvalue weighted by atomic mass is 9.97. The molecule has 1 atom stereocenters. The van der Waals surface area contributed by atoms with Gasteiger partial charge in [0.05, 0.1) is 11.6 Å². The van der Waals surface area contributed by atoms with Gasteiger partial charge in [-0.15, -0.1) is 0 Å². The molecule has 4 heteroatoms. The van der Waals surface area contributed by atoms with Gasteiger partial charge in [0.15, 0.2) is 0 Å². The molecule has 1 aromatic heterocycles. The van der Waals surface area contributed by atoms with Gasteiger partial charge >= 0.3 is 0 Å². The van der Waals surface area contributed by atoms with E-state index in [0.29, 0.717) is 0 Å². The van der Waals surface area contributed by atoms with Gasteiger partial charge in [0, 0.05) is 16.1 Å². The molecule has 0 spiro atoms. The Bertz CT molecular complexity index is 752. The fourth-order valence-electron chi connectivity index (χ4n) is 2.57. The van der Waals surface area contributed by atoms with E-state index in [1.807, 2.05) is 42.6 Å². The summed E-state index contributed by atoms with van der Waals surface area (Å²) < 4.78 is 1.06. The van der Waals surface area contributed by atoms with Gasteiger partial charge in [-0.25, -0.2) is 0 Å². The summed E-state index contributed by atoms with van der Waals surface area (Å²) in [6.07, 6.45) is 2.66. The highest BCUT2D eigenvalue weighted by atomic mass is 79.9. The molecule has 3 rings (SSSR count). The second-order valence-electron chi connectivity index (χ2n) is 4.93. The minimum atomic E-state index is 0.0476. The highest BCUT2D eigenvalue weighted by molar-refractivity contribution is 9.10. The first-order valence-electron chi connectivity index (χ1n) is 6.83. The van der Waals surface area contributed by atoms with Crippen molar-refractivity contribution in [3.8, 4) is 0 Å². The number of nitrogens with two attached hydrogens (primary N) is 1. The Morgan fingerprint density at radius 1 is 1.05 bits per heavy atom. The van der Waals surface area contributed by atoms with Crippen molar-refractivity contribution in [3.63, 3.8) is 0 Å². The molecular formula is C17H16BrN3. The lowest BCUT2D eigenvalue weighted by molar-refractivity contribution is 0.551. The van der Waals surface area contributed by atoms with E-state index >= 15 is 0 Å². The molecule has 0 aliphatic rings. The molecule has 2 aromatic carbocycles. The van der Waals surface area contributed by atoms with Gasteiger partial charge in [0.2, 0.25) is 0 Å². The van der Waals surface area contributed by atoms with Crippen LogP contribution in [0, 0.1) is 0 Å².